The molecule has 1 aliphatic heterocycles. The summed E-state index contributed by atoms with van der Waals surface area (Å²) in [5, 5.41) is 11.9. The number of aliphatic carboxylic acids is 1. The normalized spacial score (nSPS) is 17.3. The van der Waals surface area contributed by atoms with Crippen LogP contribution in [-0.4, -0.2) is 47.7 Å². The van der Waals surface area contributed by atoms with Crippen molar-refractivity contribution in [2.45, 2.75) is 24.6 Å². The van der Waals surface area contributed by atoms with E-state index in [9.17, 15) is 13.2 Å². The van der Waals surface area contributed by atoms with E-state index in [-0.39, 0.29) is 12.2 Å². The quantitative estimate of drug-likeness (QED) is 0.782. The van der Waals surface area contributed by atoms with E-state index in [1.165, 1.54) is 12.4 Å². The van der Waals surface area contributed by atoms with Gasteiger partial charge < -0.3 is 9.84 Å². The van der Waals surface area contributed by atoms with Gasteiger partial charge in [0.15, 0.2) is 0 Å². The molecule has 0 saturated carbocycles. The molecule has 1 aromatic heterocycles. The summed E-state index contributed by atoms with van der Waals surface area (Å²) in [6.07, 6.45) is 3.56. The Hall–Kier alpha value is -1.61. The summed E-state index contributed by atoms with van der Waals surface area (Å²) in [6, 6.07) is 0. The van der Waals surface area contributed by atoms with Crippen LogP contribution in [0.15, 0.2) is 12.4 Å². The van der Waals surface area contributed by atoms with Crippen LogP contribution < -0.4 is 4.72 Å². The maximum atomic E-state index is 12.1. The zero-order valence-electron chi connectivity index (χ0n) is 10.2. The maximum absolute atomic E-state index is 12.1. The minimum Gasteiger partial charge on any atom is -0.480 e. The number of rotatable bonds is 5. The molecule has 0 unspecified atom stereocenters. The first-order chi connectivity index (χ1) is 8.97. The highest BCUT2D eigenvalue weighted by atomic mass is 32.2. The third-order valence-corrected chi connectivity index (χ3v) is 4.67. The van der Waals surface area contributed by atoms with Gasteiger partial charge in [0.05, 0.1) is 17.1 Å². The maximum Gasteiger partial charge on any atom is 0.325 e. The Morgan fingerprint density at radius 3 is 2.84 bits per heavy atom. The summed E-state index contributed by atoms with van der Waals surface area (Å²) in [7, 11) is -3.48. The van der Waals surface area contributed by atoms with E-state index in [0.717, 1.165) is 4.68 Å². The van der Waals surface area contributed by atoms with Crippen LogP contribution in [0.4, 0.5) is 5.69 Å². The molecule has 1 aromatic rings. The number of hydrogen-bond acceptors (Lipinski definition) is 5. The van der Waals surface area contributed by atoms with E-state index in [1.807, 2.05) is 0 Å². The zero-order chi connectivity index (χ0) is 13.9. The van der Waals surface area contributed by atoms with E-state index < -0.39 is 21.2 Å². The predicted molar refractivity (Wildman–Crippen MR) is 66.2 cm³/mol. The first-order valence-corrected chi connectivity index (χ1v) is 7.35. The second-order valence-electron chi connectivity index (χ2n) is 4.28. The standard InChI is InChI=1S/C10H15N3O5S/c14-10(15)7-13-6-8(5-11-13)12-19(16,17)9-1-3-18-4-2-9/h5-6,9,12H,1-4,7H2,(H,14,15). The SMILES string of the molecule is O=C(O)Cn1cc(NS(=O)(=O)C2CCOCC2)cn1. The van der Waals surface area contributed by atoms with E-state index in [4.69, 9.17) is 9.84 Å². The molecule has 1 saturated heterocycles. The van der Waals surface area contributed by atoms with Crippen LogP contribution in [0.5, 0.6) is 0 Å². The fourth-order valence-corrected chi connectivity index (χ4v) is 3.29. The third-order valence-electron chi connectivity index (χ3n) is 2.80. The smallest absolute Gasteiger partial charge is 0.325 e. The minimum absolute atomic E-state index is 0.271. The molecule has 9 heteroatoms. The van der Waals surface area contributed by atoms with Gasteiger partial charge in [0, 0.05) is 19.4 Å². The molecule has 0 aliphatic carbocycles. The summed E-state index contributed by atoms with van der Waals surface area (Å²) < 4.78 is 32.8. The van der Waals surface area contributed by atoms with Gasteiger partial charge in [0.2, 0.25) is 10.0 Å². The Balaban J connectivity index is 2.03. The largest absolute Gasteiger partial charge is 0.480 e. The fourth-order valence-electron chi connectivity index (χ4n) is 1.88. The number of ether oxygens (including phenoxy) is 1. The second-order valence-corrected chi connectivity index (χ2v) is 6.24. The van der Waals surface area contributed by atoms with Gasteiger partial charge in [0.1, 0.15) is 6.54 Å². The summed E-state index contributed by atoms with van der Waals surface area (Å²) >= 11 is 0. The van der Waals surface area contributed by atoms with Gasteiger partial charge in [-0.3, -0.25) is 14.2 Å². The molecule has 8 nitrogen and oxygen atoms in total. The third kappa shape index (κ3) is 3.67. The van der Waals surface area contributed by atoms with Gasteiger partial charge >= 0.3 is 5.97 Å². The van der Waals surface area contributed by atoms with Crippen molar-refractivity contribution < 1.29 is 23.1 Å². The lowest BCUT2D eigenvalue weighted by Crippen LogP contribution is -2.33. The lowest BCUT2D eigenvalue weighted by atomic mass is 10.2. The number of nitrogens with one attached hydrogen (secondary N) is 1. The van der Waals surface area contributed by atoms with Crippen molar-refractivity contribution in [3.63, 3.8) is 0 Å². The molecule has 106 valence electrons. The number of carboxylic acids is 1. The number of hydrogen-bond donors (Lipinski definition) is 2. The molecule has 2 N–H and O–H groups in total. The molecule has 2 heterocycles. The number of anilines is 1. The monoisotopic (exact) mass is 289 g/mol. The second kappa shape index (κ2) is 5.57. The van der Waals surface area contributed by atoms with Crippen molar-refractivity contribution in [2.24, 2.45) is 0 Å². The lowest BCUT2D eigenvalue weighted by molar-refractivity contribution is -0.137. The molecule has 0 radical (unpaired) electrons. The average Bonchev–Trinajstić information content (AvgIpc) is 2.76. The van der Waals surface area contributed by atoms with Crippen molar-refractivity contribution in [1.82, 2.24) is 9.78 Å². The van der Waals surface area contributed by atoms with E-state index in [0.29, 0.717) is 26.1 Å². The molecule has 1 fully saturated rings. The molecule has 19 heavy (non-hydrogen) atoms. The minimum atomic E-state index is -3.48. The van der Waals surface area contributed by atoms with Crippen LogP contribution in [0.3, 0.4) is 0 Å². The van der Waals surface area contributed by atoms with Gasteiger partial charge in [-0.1, -0.05) is 0 Å². The molecule has 0 amide bonds. The first-order valence-electron chi connectivity index (χ1n) is 5.81. The summed E-state index contributed by atoms with van der Waals surface area (Å²) in [6.45, 7) is 0.562. The van der Waals surface area contributed by atoms with Crippen LogP contribution in [0.1, 0.15) is 12.8 Å². The number of carboxylic acid groups (broad SMARTS) is 1. The van der Waals surface area contributed by atoms with Crippen LogP contribution >= 0.6 is 0 Å². The highest BCUT2D eigenvalue weighted by molar-refractivity contribution is 7.93. The van der Waals surface area contributed by atoms with Crippen LogP contribution in [0, 0.1) is 0 Å². The van der Waals surface area contributed by atoms with Gasteiger partial charge in [-0.25, -0.2) is 8.42 Å². The van der Waals surface area contributed by atoms with Crippen LogP contribution in [0.25, 0.3) is 0 Å². The Bertz CT molecular complexity index is 547. The van der Waals surface area contributed by atoms with Gasteiger partial charge in [-0.2, -0.15) is 5.10 Å². The molecule has 2 rings (SSSR count). The summed E-state index contributed by atoms with van der Waals surface area (Å²) in [5.74, 6) is -1.04. The van der Waals surface area contributed by atoms with Crippen molar-refractivity contribution in [2.75, 3.05) is 17.9 Å². The van der Waals surface area contributed by atoms with Crippen molar-refractivity contribution in [3.8, 4) is 0 Å². The zero-order valence-corrected chi connectivity index (χ0v) is 11.0. The summed E-state index contributed by atoms with van der Waals surface area (Å²) in [4.78, 5) is 10.5. The van der Waals surface area contributed by atoms with E-state index in [1.54, 1.807) is 0 Å². The molecule has 1 aliphatic rings. The van der Waals surface area contributed by atoms with Crippen LogP contribution in [-0.2, 0) is 26.1 Å². The van der Waals surface area contributed by atoms with Crippen molar-refractivity contribution >= 4 is 21.7 Å². The van der Waals surface area contributed by atoms with Crippen molar-refractivity contribution in [3.05, 3.63) is 12.4 Å². The fraction of sp³-hybridized carbons (Fsp3) is 0.600. The van der Waals surface area contributed by atoms with Crippen LogP contribution in [0.2, 0.25) is 0 Å². The molecule has 0 spiro atoms. The Morgan fingerprint density at radius 2 is 2.21 bits per heavy atom. The predicted octanol–water partition coefficient (Wildman–Crippen LogP) is -0.112. The number of sulfonamides is 1. The molecule has 0 atom stereocenters. The molecule has 0 aromatic carbocycles. The lowest BCUT2D eigenvalue weighted by Gasteiger charge is -2.22. The van der Waals surface area contributed by atoms with Gasteiger partial charge in [-0.05, 0) is 12.8 Å². The molecular weight excluding hydrogens is 274 g/mol. The van der Waals surface area contributed by atoms with E-state index in [2.05, 4.69) is 9.82 Å². The van der Waals surface area contributed by atoms with Gasteiger partial charge in [-0.15, -0.1) is 0 Å². The highest BCUT2D eigenvalue weighted by Gasteiger charge is 2.27. The number of carbonyl (C=O) groups is 1. The Kier molecular flexibility index (Phi) is 4.05. The average molecular weight is 289 g/mol. The van der Waals surface area contributed by atoms with E-state index >= 15 is 0 Å². The van der Waals surface area contributed by atoms with Gasteiger partial charge in [0.25, 0.3) is 0 Å². The molecule has 0 bridgehead atoms. The first kappa shape index (κ1) is 13.8. The summed E-state index contributed by atoms with van der Waals surface area (Å²) in [5.41, 5.74) is 0.271. The number of aromatic nitrogens is 2. The molecular formula is C10H15N3O5S. The Labute approximate surface area is 110 Å². The topological polar surface area (TPSA) is 111 Å². The number of nitrogens with zero attached hydrogens (tertiary/aromatic N) is 2. The van der Waals surface area contributed by atoms with Crippen molar-refractivity contribution in [1.29, 1.82) is 0 Å². The Morgan fingerprint density at radius 1 is 1.53 bits per heavy atom. The highest BCUT2D eigenvalue weighted by Crippen LogP contribution is 2.18.